The Labute approximate surface area is 129 Å². The monoisotopic (exact) mass is 290 g/mol. The molecule has 1 atom stereocenters. The second-order valence-corrected chi connectivity index (χ2v) is 6.95. The Morgan fingerprint density at radius 1 is 1.24 bits per heavy atom. The first-order valence-corrected chi connectivity index (χ1v) is 8.11. The number of ether oxygens (including phenoxy) is 1. The number of nitrogens with two attached hydrogens (primary N) is 1. The lowest BCUT2D eigenvalue weighted by Crippen LogP contribution is -2.50. The van der Waals surface area contributed by atoms with E-state index in [0.29, 0.717) is 6.04 Å². The maximum absolute atomic E-state index is 5.96. The van der Waals surface area contributed by atoms with Crippen LogP contribution in [0.2, 0.25) is 0 Å². The normalized spacial score (nSPS) is 19.6. The highest BCUT2D eigenvalue weighted by atomic mass is 16.5. The summed E-state index contributed by atoms with van der Waals surface area (Å²) in [5.74, 6) is 5.96. The van der Waals surface area contributed by atoms with Crippen LogP contribution in [-0.2, 0) is 10.2 Å². The Bertz CT molecular complexity index is 424. The van der Waals surface area contributed by atoms with E-state index in [2.05, 4.69) is 49.6 Å². The van der Waals surface area contributed by atoms with Crippen molar-refractivity contribution in [2.45, 2.75) is 69.4 Å². The van der Waals surface area contributed by atoms with Gasteiger partial charge in [0.1, 0.15) is 0 Å². The molecular formula is C18H30N2O. The van der Waals surface area contributed by atoms with Crippen molar-refractivity contribution in [2.24, 2.45) is 5.84 Å². The Balaban J connectivity index is 2.19. The van der Waals surface area contributed by atoms with Gasteiger partial charge < -0.3 is 4.74 Å². The van der Waals surface area contributed by atoms with Gasteiger partial charge in [0.2, 0.25) is 0 Å². The lowest BCUT2D eigenvalue weighted by Gasteiger charge is -2.39. The maximum atomic E-state index is 5.96. The fourth-order valence-electron chi connectivity index (χ4n) is 3.73. The van der Waals surface area contributed by atoms with E-state index in [1.54, 1.807) is 7.11 Å². The molecule has 0 amide bonds. The number of hydrogen-bond acceptors (Lipinski definition) is 3. The maximum Gasteiger partial charge on any atom is 0.0623 e. The van der Waals surface area contributed by atoms with Gasteiger partial charge >= 0.3 is 0 Å². The summed E-state index contributed by atoms with van der Waals surface area (Å²) in [6.45, 7) is 4.29. The quantitative estimate of drug-likeness (QED) is 0.596. The zero-order valence-electron chi connectivity index (χ0n) is 13.7. The fraction of sp³-hybridized carbons (Fsp3) is 0.667. The summed E-state index contributed by atoms with van der Waals surface area (Å²) in [6, 6.07) is 11.2. The van der Waals surface area contributed by atoms with Crippen LogP contribution in [0.15, 0.2) is 30.3 Å². The van der Waals surface area contributed by atoms with E-state index in [1.165, 1.54) is 31.2 Å². The predicted molar refractivity (Wildman–Crippen MR) is 88.0 cm³/mol. The van der Waals surface area contributed by atoms with Gasteiger partial charge in [0.05, 0.1) is 5.60 Å². The second kappa shape index (κ2) is 6.91. The van der Waals surface area contributed by atoms with Crippen molar-refractivity contribution in [3.8, 4) is 0 Å². The highest BCUT2D eigenvalue weighted by Gasteiger charge is 2.42. The number of hydrogen-bond donors (Lipinski definition) is 2. The summed E-state index contributed by atoms with van der Waals surface area (Å²) in [5, 5.41) is 0. The number of rotatable bonds is 7. The van der Waals surface area contributed by atoms with Gasteiger partial charge in [-0.3, -0.25) is 11.3 Å². The molecule has 1 unspecified atom stereocenters. The molecule has 0 radical (unpaired) electrons. The Morgan fingerprint density at radius 2 is 1.86 bits per heavy atom. The van der Waals surface area contributed by atoms with E-state index < -0.39 is 0 Å². The van der Waals surface area contributed by atoms with Crippen molar-refractivity contribution in [1.82, 2.24) is 5.43 Å². The third-order valence-corrected chi connectivity index (χ3v) is 5.30. The van der Waals surface area contributed by atoms with Crippen LogP contribution < -0.4 is 11.3 Å². The Morgan fingerprint density at radius 3 is 2.38 bits per heavy atom. The van der Waals surface area contributed by atoms with Crippen LogP contribution in [0.3, 0.4) is 0 Å². The van der Waals surface area contributed by atoms with Crippen LogP contribution in [0, 0.1) is 0 Å². The van der Waals surface area contributed by atoms with Crippen molar-refractivity contribution in [2.75, 3.05) is 7.11 Å². The second-order valence-electron chi connectivity index (χ2n) is 6.95. The van der Waals surface area contributed by atoms with Crippen molar-refractivity contribution in [3.63, 3.8) is 0 Å². The van der Waals surface area contributed by atoms with Crippen molar-refractivity contribution >= 4 is 0 Å². The SMILES string of the molecule is COC(C)(C)CCC(NN)C1(c2ccccc2)CCCC1. The molecule has 2 rings (SSSR count). The molecule has 0 aromatic heterocycles. The lowest BCUT2D eigenvalue weighted by molar-refractivity contribution is 0.00934. The first kappa shape index (κ1) is 16.5. The topological polar surface area (TPSA) is 47.3 Å². The minimum Gasteiger partial charge on any atom is -0.379 e. The van der Waals surface area contributed by atoms with Gasteiger partial charge in [-0.15, -0.1) is 0 Å². The zero-order chi connectivity index (χ0) is 15.3. The molecule has 1 aromatic rings. The van der Waals surface area contributed by atoms with E-state index in [-0.39, 0.29) is 11.0 Å². The zero-order valence-corrected chi connectivity index (χ0v) is 13.7. The standard InChI is InChI=1S/C18H30N2O/c1-17(2,21-3)14-11-16(20-19)18(12-7-8-13-18)15-9-5-4-6-10-15/h4-6,9-10,16,20H,7-8,11-14,19H2,1-3H3. The molecule has 118 valence electrons. The molecule has 0 heterocycles. The van der Waals surface area contributed by atoms with E-state index >= 15 is 0 Å². The first-order valence-electron chi connectivity index (χ1n) is 8.11. The summed E-state index contributed by atoms with van der Waals surface area (Å²) >= 11 is 0. The molecule has 1 fully saturated rings. The van der Waals surface area contributed by atoms with Crippen molar-refractivity contribution in [1.29, 1.82) is 0 Å². The third-order valence-electron chi connectivity index (χ3n) is 5.30. The van der Waals surface area contributed by atoms with E-state index in [1.807, 2.05) is 0 Å². The number of methoxy groups -OCH3 is 1. The molecule has 1 aliphatic carbocycles. The van der Waals surface area contributed by atoms with Gasteiger partial charge in [-0.1, -0.05) is 43.2 Å². The Hall–Kier alpha value is -0.900. The predicted octanol–water partition coefficient (Wildman–Crippen LogP) is 3.54. The van der Waals surface area contributed by atoms with Crippen LogP contribution >= 0.6 is 0 Å². The average molecular weight is 290 g/mol. The molecule has 21 heavy (non-hydrogen) atoms. The molecule has 0 saturated heterocycles. The number of hydrazine groups is 1. The summed E-state index contributed by atoms with van der Waals surface area (Å²) in [5.41, 5.74) is 4.64. The molecule has 3 N–H and O–H groups in total. The van der Waals surface area contributed by atoms with Crippen molar-refractivity contribution in [3.05, 3.63) is 35.9 Å². The first-order chi connectivity index (χ1) is 10.0. The highest BCUT2D eigenvalue weighted by Crippen LogP contribution is 2.45. The van der Waals surface area contributed by atoms with Gasteiger partial charge in [-0.05, 0) is 45.1 Å². The molecule has 3 heteroatoms. The molecular weight excluding hydrogens is 260 g/mol. The van der Waals surface area contributed by atoms with E-state index in [9.17, 15) is 0 Å². The summed E-state index contributed by atoms with van der Waals surface area (Å²) < 4.78 is 5.57. The largest absolute Gasteiger partial charge is 0.379 e. The molecule has 0 bridgehead atoms. The van der Waals surface area contributed by atoms with Crippen LogP contribution in [0.4, 0.5) is 0 Å². The van der Waals surface area contributed by atoms with Crippen LogP contribution in [-0.4, -0.2) is 18.8 Å². The lowest BCUT2D eigenvalue weighted by atomic mass is 9.71. The molecule has 1 aromatic carbocycles. The molecule has 1 aliphatic rings. The van der Waals surface area contributed by atoms with Crippen LogP contribution in [0.25, 0.3) is 0 Å². The summed E-state index contributed by atoms with van der Waals surface area (Å²) in [4.78, 5) is 0. The minimum absolute atomic E-state index is 0.0917. The third kappa shape index (κ3) is 3.65. The van der Waals surface area contributed by atoms with Gasteiger partial charge in [-0.25, -0.2) is 0 Å². The smallest absolute Gasteiger partial charge is 0.0623 e. The van der Waals surface area contributed by atoms with E-state index in [0.717, 1.165) is 12.8 Å². The molecule has 3 nitrogen and oxygen atoms in total. The number of benzene rings is 1. The highest BCUT2D eigenvalue weighted by molar-refractivity contribution is 5.29. The van der Waals surface area contributed by atoms with Gasteiger partial charge in [-0.2, -0.15) is 0 Å². The summed E-state index contributed by atoms with van der Waals surface area (Å²) in [7, 11) is 1.79. The van der Waals surface area contributed by atoms with Crippen LogP contribution in [0.1, 0.15) is 57.9 Å². The molecule has 0 spiro atoms. The Kier molecular flexibility index (Phi) is 5.42. The van der Waals surface area contributed by atoms with Crippen molar-refractivity contribution < 1.29 is 4.74 Å². The average Bonchev–Trinajstić information content (AvgIpc) is 2.99. The summed E-state index contributed by atoms with van der Waals surface area (Å²) in [6.07, 6.45) is 7.07. The fourth-order valence-corrected chi connectivity index (χ4v) is 3.73. The van der Waals surface area contributed by atoms with E-state index in [4.69, 9.17) is 10.6 Å². The van der Waals surface area contributed by atoms with Crippen LogP contribution in [0.5, 0.6) is 0 Å². The molecule has 0 aliphatic heterocycles. The molecule has 1 saturated carbocycles. The minimum atomic E-state index is -0.0917. The van der Waals surface area contributed by atoms with Gasteiger partial charge in [0.15, 0.2) is 0 Å². The number of nitrogens with one attached hydrogen (secondary N) is 1. The van der Waals surface area contributed by atoms with Gasteiger partial charge in [0, 0.05) is 18.6 Å². The van der Waals surface area contributed by atoms with Gasteiger partial charge in [0.25, 0.3) is 0 Å².